The summed E-state index contributed by atoms with van der Waals surface area (Å²) in [6, 6.07) is 9.97. The maximum absolute atomic E-state index is 13.2. The quantitative estimate of drug-likeness (QED) is 0.831. The number of benzene rings is 2. The Morgan fingerprint density at radius 2 is 1.94 bits per heavy atom. The smallest absolute Gasteiger partial charge is 0.143 e. The Morgan fingerprint density at radius 1 is 1.22 bits per heavy atom. The van der Waals surface area contributed by atoms with Crippen molar-refractivity contribution in [2.45, 2.75) is 0 Å². The number of para-hydroxylation sites is 2. The van der Waals surface area contributed by atoms with Crippen molar-refractivity contribution in [1.29, 1.82) is 0 Å². The van der Waals surface area contributed by atoms with Crippen LogP contribution in [0, 0.1) is 5.82 Å². The molecule has 0 aromatic heterocycles. The van der Waals surface area contributed by atoms with Gasteiger partial charge < -0.3 is 15.8 Å². The molecule has 3 N–H and O–H groups in total. The highest BCUT2D eigenvalue weighted by molar-refractivity contribution is 6.31. The molecule has 2 rings (SSSR count). The summed E-state index contributed by atoms with van der Waals surface area (Å²) in [5.41, 5.74) is 7.27. The van der Waals surface area contributed by atoms with Crippen LogP contribution in [0.4, 0.5) is 21.5 Å². The molecule has 0 saturated carbocycles. The molecule has 0 aliphatic carbocycles. The van der Waals surface area contributed by atoms with Crippen LogP contribution in [0.25, 0.3) is 0 Å². The van der Waals surface area contributed by atoms with Crippen LogP contribution < -0.4 is 15.8 Å². The van der Waals surface area contributed by atoms with E-state index in [2.05, 4.69) is 5.32 Å². The van der Waals surface area contributed by atoms with Crippen LogP contribution >= 0.6 is 11.6 Å². The fourth-order valence-corrected chi connectivity index (χ4v) is 1.73. The number of nitrogens with two attached hydrogens (primary N) is 1. The van der Waals surface area contributed by atoms with Crippen LogP contribution in [-0.2, 0) is 0 Å². The van der Waals surface area contributed by atoms with Gasteiger partial charge in [0.25, 0.3) is 0 Å². The molecule has 0 bridgehead atoms. The molecule has 0 amide bonds. The van der Waals surface area contributed by atoms with Gasteiger partial charge in [0.15, 0.2) is 0 Å². The van der Waals surface area contributed by atoms with Gasteiger partial charge in [0.1, 0.15) is 11.6 Å². The predicted molar refractivity (Wildman–Crippen MR) is 72.1 cm³/mol. The Kier molecular flexibility index (Phi) is 3.58. The van der Waals surface area contributed by atoms with Crippen molar-refractivity contribution in [3.8, 4) is 5.75 Å². The first kappa shape index (κ1) is 12.5. The summed E-state index contributed by atoms with van der Waals surface area (Å²) in [4.78, 5) is 0. The summed E-state index contributed by atoms with van der Waals surface area (Å²) >= 11 is 5.72. The first-order valence-corrected chi connectivity index (χ1v) is 5.64. The van der Waals surface area contributed by atoms with E-state index in [-0.39, 0.29) is 10.7 Å². The van der Waals surface area contributed by atoms with Crippen LogP contribution in [0.3, 0.4) is 0 Å². The minimum Gasteiger partial charge on any atom is -0.495 e. The van der Waals surface area contributed by atoms with E-state index in [1.807, 2.05) is 24.3 Å². The van der Waals surface area contributed by atoms with E-state index in [9.17, 15) is 4.39 Å². The summed E-state index contributed by atoms with van der Waals surface area (Å²) in [5.74, 6) is 0.122. The van der Waals surface area contributed by atoms with Gasteiger partial charge >= 0.3 is 0 Å². The van der Waals surface area contributed by atoms with Gasteiger partial charge in [-0.1, -0.05) is 23.7 Å². The van der Waals surface area contributed by atoms with Crippen LogP contribution in [0.2, 0.25) is 5.02 Å². The molecule has 0 radical (unpaired) electrons. The number of rotatable bonds is 3. The van der Waals surface area contributed by atoms with Gasteiger partial charge in [-0.15, -0.1) is 0 Å². The summed E-state index contributed by atoms with van der Waals surface area (Å²) in [6.45, 7) is 0. The molecule has 5 heteroatoms. The molecule has 0 atom stereocenters. The number of nitrogens with one attached hydrogen (secondary N) is 1. The van der Waals surface area contributed by atoms with E-state index in [0.29, 0.717) is 11.4 Å². The van der Waals surface area contributed by atoms with E-state index < -0.39 is 5.82 Å². The summed E-state index contributed by atoms with van der Waals surface area (Å²) in [6.07, 6.45) is 0. The molecule has 18 heavy (non-hydrogen) atoms. The fourth-order valence-electron chi connectivity index (χ4n) is 1.56. The molecule has 0 fully saturated rings. The molecule has 2 aromatic carbocycles. The Morgan fingerprint density at radius 3 is 2.67 bits per heavy atom. The largest absolute Gasteiger partial charge is 0.495 e. The molecule has 0 spiro atoms. The Labute approximate surface area is 109 Å². The molecule has 0 saturated heterocycles. The van der Waals surface area contributed by atoms with Crippen LogP contribution in [0.1, 0.15) is 0 Å². The van der Waals surface area contributed by atoms with Crippen molar-refractivity contribution in [2.75, 3.05) is 18.2 Å². The second kappa shape index (κ2) is 5.14. The maximum atomic E-state index is 13.2. The van der Waals surface area contributed by atoms with Crippen LogP contribution in [-0.4, -0.2) is 7.11 Å². The third-order valence-corrected chi connectivity index (χ3v) is 2.76. The molecule has 0 aliphatic rings. The Balaban J connectivity index is 2.37. The number of ether oxygens (including phenoxy) is 1. The van der Waals surface area contributed by atoms with Crippen molar-refractivity contribution in [3.63, 3.8) is 0 Å². The lowest BCUT2D eigenvalue weighted by atomic mass is 10.2. The number of hydrogen-bond acceptors (Lipinski definition) is 3. The average molecular weight is 267 g/mol. The molecule has 0 heterocycles. The van der Waals surface area contributed by atoms with Crippen molar-refractivity contribution < 1.29 is 9.13 Å². The monoisotopic (exact) mass is 266 g/mol. The molecular weight excluding hydrogens is 255 g/mol. The van der Waals surface area contributed by atoms with Gasteiger partial charge in [-0.2, -0.15) is 0 Å². The van der Waals surface area contributed by atoms with E-state index in [1.54, 1.807) is 7.11 Å². The zero-order valence-corrected chi connectivity index (χ0v) is 10.5. The topological polar surface area (TPSA) is 47.3 Å². The maximum Gasteiger partial charge on any atom is 0.143 e. The third kappa shape index (κ3) is 2.49. The number of methoxy groups -OCH3 is 1. The van der Waals surface area contributed by atoms with Gasteiger partial charge in [-0.05, 0) is 18.2 Å². The number of hydrogen-bond donors (Lipinski definition) is 2. The number of halogens is 2. The molecule has 3 nitrogen and oxygen atoms in total. The minimum atomic E-state index is -0.542. The number of anilines is 3. The van der Waals surface area contributed by atoms with Crippen LogP contribution in [0.5, 0.6) is 5.75 Å². The summed E-state index contributed by atoms with van der Waals surface area (Å²) in [7, 11) is 1.57. The Bertz CT molecular complexity index is 575. The summed E-state index contributed by atoms with van der Waals surface area (Å²) < 4.78 is 18.4. The lowest BCUT2D eigenvalue weighted by molar-refractivity contribution is 0.417. The lowest BCUT2D eigenvalue weighted by Gasteiger charge is -2.13. The zero-order chi connectivity index (χ0) is 13.1. The SMILES string of the molecule is COc1ccccc1Nc1cc(Cl)c(F)cc1N. The van der Waals surface area contributed by atoms with Crippen molar-refractivity contribution in [2.24, 2.45) is 0 Å². The normalized spacial score (nSPS) is 10.2. The van der Waals surface area contributed by atoms with Crippen molar-refractivity contribution in [1.82, 2.24) is 0 Å². The zero-order valence-electron chi connectivity index (χ0n) is 9.71. The van der Waals surface area contributed by atoms with E-state index in [1.165, 1.54) is 12.1 Å². The highest BCUT2D eigenvalue weighted by Gasteiger charge is 2.08. The lowest BCUT2D eigenvalue weighted by Crippen LogP contribution is -1.99. The van der Waals surface area contributed by atoms with Gasteiger partial charge in [0.05, 0.1) is 29.2 Å². The Hall–Kier alpha value is -1.94. The molecular formula is C13H12ClFN2O. The van der Waals surface area contributed by atoms with E-state index >= 15 is 0 Å². The van der Waals surface area contributed by atoms with Gasteiger partial charge in [0, 0.05) is 6.07 Å². The predicted octanol–water partition coefficient (Wildman–Crippen LogP) is 3.81. The highest BCUT2D eigenvalue weighted by atomic mass is 35.5. The summed E-state index contributed by atoms with van der Waals surface area (Å²) in [5, 5.41) is 3.07. The second-order valence-corrected chi connectivity index (χ2v) is 4.09. The third-order valence-electron chi connectivity index (χ3n) is 2.47. The molecule has 94 valence electrons. The molecule has 0 aliphatic heterocycles. The number of nitrogen functional groups attached to an aromatic ring is 1. The standard InChI is InChI=1S/C13H12ClFN2O/c1-18-13-5-3-2-4-11(13)17-12-6-8(14)9(15)7-10(12)16/h2-7,17H,16H2,1H3. The highest BCUT2D eigenvalue weighted by Crippen LogP contribution is 2.32. The van der Waals surface area contributed by atoms with Gasteiger partial charge in [0.2, 0.25) is 0 Å². The first-order chi connectivity index (χ1) is 8.61. The molecule has 0 unspecified atom stereocenters. The van der Waals surface area contributed by atoms with E-state index in [4.69, 9.17) is 22.1 Å². The van der Waals surface area contributed by atoms with E-state index in [0.717, 1.165) is 5.69 Å². The van der Waals surface area contributed by atoms with Crippen molar-refractivity contribution >= 4 is 28.7 Å². The minimum absolute atomic E-state index is 0.0154. The first-order valence-electron chi connectivity index (χ1n) is 5.26. The van der Waals surface area contributed by atoms with Gasteiger partial charge in [-0.25, -0.2) is 4.39 Å². The average Bonchev–Trinajstić information content (AvgIpc) is 2.36. The fraction of sp³-hybridized carbons (Fsp3) is 0.0769. The van der Waals surface area contributed by atoms with Crippen LogP contribution in [0.15, 0.2) is 36.4 Å². The second-order valence-electron chi connectivity index (χ2n) is 3.68. The molecule has 2 aromatic rings. The van der Waals surface area contributed by atoms with Gasteiger partial charge in [-0.3, -0.25) is 0 Å². The van der Waals surface area contributed by atoms with Crippen molar-refractivity contribution in [3.05, 3.63) is 47.2 Å².